The van der Waals surface area contributed by atoms with Crippen molar-refractivity contribution in [1.82, 2.24) is 19.9 Å². The molecule has 3 aromatic rings. The molecule has 2 heterocycles. The number of fused-ring (bicyclic) bond motifs is 1. The lowest BCUT2D eigenvalue weighted by Crippen LogP contribution is -2.14. The second-order valence-corrected chi connectivity index (χ2v) is 5.56. The van der Waals surface area contributed by atoms with Crippen LogP contribution in [0.1, 0.15) is 22.3 Å². The molecule has 0 aliphatic heterocycles. The SMILES string of the molecule is Cc1cc2nc(Nc3nc(O)c(C)c(=O)[nH]3)ncc2c(C)c1C. The van der Waals surface area contributed by atoms with Gasteiger partial charge < -0.3 is 5.11 Å². The van der Waals surface area contributed by atoms with Gasteiger partial charge in [0.15, 0.2) is 0 Å². The van der Waals surface area contributed by atoms with Gasteiger partial charge in [-0.15, -0.1) is 0 Å². The first kappa shape index (κ1) is 15.0. The number of hydrogen-bond acceptors (Lipinski definition) is 6. The molecule has 23 heavy (non-hydrogen) atoms. The Morgan fingerprint density at radius 2 is 1.83 bits per heavy atom. The van der Waals surface area contributed by atoms with E-state index in [0.717, 1.165) is 22.0 Å². The van der Waals surface area contributed by atoms with Crippen molar-refractivity contribution in [3.8, 4) is 5.88 Å². The maximum Gasteiger partial charge on any atom is 0.259 e. The predicted octanol–water partition coefficient (Wildman–Crippen LogP) is 2.40. The van der Waals surface area contributed by atoms with E-state index in [1.54, 1.807) is 6.20 Å². The maximum absolute atomic E-state index is 11.7. The second kappa shape index (κ2) is 5.35. The highest BCUT2D eigenvalue weighted by Crippen LogP contribution is 2.24. The molecule has 3 N–H and O–H groups in total. The summed E-state index contributed by atoms with van der Waals surface area (Å²) in [7, 11) is 0. The zero-order chi connectivity index (χ0) is 16.7. The van der Waals surface area contributed by atoms with Crippen LogP contribution in [0, 0.1) is 27.7 Å². The van der Waals surface area contributed by atoms with Crippen molar-refractivity contribution in [3.63, 3.8) is 0 Å². The fourth-order valence-corrected chi connectivity index (χ4v) is 2.35. The van der Waals surface area contributed by atoms with E-state index in [2.05, 4.69) is 32.2 Å². The van der Waals surface area contributed by atoms with Crippen LogP contribution in [0.15, 0.2) is 17.1 Å². The van der Waals surface area contributed by atoms with Crippen LogP contribution in [0.3, 0.4) is 0 Å². The first-order valence-electron chi connectivity index (χ1n) is 7.17. The first-order chi connectivity index (χ1) is 10.9. The normalized spacial score (nSPS) is 11.0. The third-order valence-electron chi connectivity index (χ3n) is 4.09. The molecule has 0 saturated carbocycles. The minimum Gasteiger partial charge on any atom is -0.493 e. The minimum atomic E-state index is -0.414. The highest BCUT2D eigenvalue weighted by molar-refractivity contribution is 5.84. The third kappa shape index (κ3) is 2.61. The number of hydrogen-bond donors (Lipinski definition) is 3. The van der Waals surface area contributed by atoms with Crippen molar-refractivity contribution in [2.75, 3.05) is 5.32 Å². The quantitative estimate of drug-likeness (QED) is 0.671. The van der Waals surface area contributed by atoms with Gasteiger partial charge in [0.2, 0.25) is 17.8 Å². The summed E-state index contributed by atoms with van der Waals surface area (Å²) in [5.74, 6) is 0.0731. The number of rotatable bonds is 2. The largest absolute Gasteiger partial charge is 0.493 e. The molecule has 7 nitrogen and oxygen atoms in total. The van der Waals surface area contributed by atoms with Gasteiger partial charge in [-0.25, -0.2) is 9.97 Å². The summed E-state index contributed by atoms with van der Waals surface area (Å²) in [6, 6.07) is 1.99. The molecule has 0 radical (unpaired) electrons. The molecule has 0 bridgehead atoms. The number of aromatic nitrogens is 4. The van der Waals surface area contributed by atoms with Crippen LogP contribution >= 0.6 is 0 Å². The van der Waals surface area contributed by atoms with Gasteiger partial charge in [0.25, 0.3) is 5.56 Å². The standard InChI is InChI=1S/C16H17N5O2/c1-7-5-12-11(9(3)8(7)2)6-17-15(18-12)21-16-19-13(22)10(4)14(23)20-16/h5-6H,1-4H3,(H3,17,18,19,20,21,22,23). The topological polar surface area (TPSA) is 104 Å². The number of aryl methyl sites for hydroxylation is 2. The van der Waals surface area contributed by atoms with Crippen LogP contribution in [0.2, 0.25) is 0 Å². The number of benzene rings is 1. The van der Waals surface area contributed by atoms with E-state index in [0.29, 0.717) is 5.95 Å². The molecule has 0 aliphatic rings. The van der Waals surface area contributed by atoms with Crippen molar-refractivity contribution in [2.24, 2.45) is 0 Å². The number of nitrogens with zero attached hydrogens (tertiary/aromatic N) is 3. The van der Waals surface area contributed by atoms with Gasteiger partial charge in [-0.3, -0.25) is 15.1 Å². The molecular weight excluding hydrogens is 294 g/mol. The number of aromatic hydroxyl groups is 1. The Hall–Kier alpha value is -2.96. The molecule has 0 unspecified atom stereocenters. The van der Waals surface area contributed by atoms with Crippen molar-refractivity contribution < 1.29 is 5.11 Å². The predicted molar refractivity (Wildman–Crippen MR) is 88.3 cm³/mol. The van der Waals surface area contributed by atoms with E-state index >= 15 is 0 Å². The van der Waals surface area contributed by atoms with E-state index in [1.165, 1.54) is 12.5 Å². The van der Waals surface area contributed by atoms with Gasteiger partial charge in [-0.1, -0.05) is 0 Å². The van der Waals surface area contributed by atoms with E-state index < -0.39 is 5.56 Å². The fraction of sp³-hybridized carbons (Fsp3) is 0.250. The summed E-state index contributed by atoms with van der Waals surface area (Å²) >= 11 is 0. The summed E-state index contributed by atoms with van der Waals surface area (Å²) in [4.78, 5) is 26.7. The first-order valence-corrected chi connectivity index (χ1v) is 7.17. The lowest BCUT2D eigenvalue weighted by atomic mass is 10.0. The minimum absolute atomic E-state index is 0.0954. The van der Waals surface area contributed by atoms with Crippen LogP contribution in [-0.2, 0) is 0 Å². The van der Waals surface area contributed by atoms with Crippen LogP contribution in [0.5, 0.6) is 5.88 Å². The molecule has 2 aromatic heterocycles. The van der Waals surface area contributed by atoms with Crippen molar-refractivity contribution in [1.29, 1.82) is 0 Å². The second-order valence-electron chi connectivity index (χ2n) is 5.56. The molecule has 0 amide bonds. The molecule has 0 saturated heterocycles. The molecular formula is C16H17N5O2. The molecule has 118 valence electrons. The summed E-state index contributed by atoms with van der Waals surface area (Å²) < 4.78 is 0. The Bertz CT molecular complexity index is 978. The molecule has 0 atom stereocenters. The summed E-state index contributed by atoms with van der Waals surface area (Å²) in [5.41, 5.74) is 4.07. The zero-order valence-corrected chi connectivity index (χ0v) is 13.4. The van der Waals surface area contributed by atoms with Gasteiger partial charge in [0.05, 0.1) is 11.1 Å². The van der Waals surface area contributed by atoms with Crippen LogP contribution in [0.25, 0.3) is 10.9 Å². The van der Waals surface area contributed by atoms with Crippen LogP contribution < -0.4 is 10.9 Å². The van der Waals surface area contributed by atoms with Crippen molar-refractivity contribution >= 4 is 22.8 Å². The van der Waals surface area contributed by atoms with Gasteiger partial charge >= 0.3 is 0 Å². The lowest BCUT2D eigenvalue weighted by Gasteiger charge is -2.10. The van der Waals surface area contributed by atoms with Crippen molar-refractivity contribution in [3.05, 3.63) is 44.9 Å². The monoisotopic (exact) mass is 311 g/mol. The fourth-order valence-electron chi connectivity index (χ4n) is 2.35. The molecule has 7 heteroatoms. The Morgan fingerprint density at radius 3 is 2.52 bits per heavy atom. The van der Waals surface area contributed by atoms with Gasteiger partial charge in [-0.2, -0.15) is 4.98 Å². The highest BCUT2D eigenvalue weighted by Gasteiger charge is 2.10. The smallest absolute Gasteiger partial charge is 0.259 e. The Morgan fingerprint density at radius 1 is 1.09 bits per heavy atom. The third-order valence-corrected chi connectivity index (χ3v) is 4.09. The Kier molecular flexibility index (Phi) is 3.48. The Balaban J connectivity index is 2.05. The highest BCUT2D eigenvalue weighted by atomic mass is 16.3. The van der Waals surface area contributed by atoms with Gasteiger partial charge in [0.1, 0.15) is 0 Å². The summed E-state index contributed by atoms with van der Waals surface area (Å²) in [6.07, 6.45) is 1.73. The molecule has 3 rings (SSSR count). The average Bonchev–Trinajstić information content (AvgIpc) is 2.50. The van der Waals surface area contributed by atoms with Gasteiger partial charge in [-0.05, 0) is 50.5 Å². The number of H-pyrrole nitrogens is 1. The number of anilines is 2. The van der Waals surface area contributed by atoms with E-state index in [1.807, 2.05) is 19.9 Å². The summed E-state index contributed by atoms with van der Waals surface area (Å²) in [6.45, 7) is 7.64. The average molecular weight is 311 g/mol. The maximum atomic E-state index is 11.7. The number of nitrogens with one attached hydrogen (secondary N) is 2. The van der Waals surface area contributed by atoms with Crippen molar-refractivity contribution in [2.45, 2.75) is 27.7 Å². The Labute approximate surface area is 132 Å². The van der Waals surface area contributed by atoms with E-state index in [4.69, 9.17) is 0 Å². The molecule has 1 aromatic carbocycles. The molecule has 0 spiro atoms. The zero-order valence-electron chi connectivity index (χ0n) is 13.4. The van der Waals surface area contributed by atoms with E-state index in [9.17, 15) is 9.90 Å². The number of aromatic amines is 1. The lowest BCUT2D eigenvalue weighted by molar-refractivity contribution is 0.447. The summed E-state index contributed by atoms with van der Waals surface area (Å²) in [5, 5.41) is 13.4. The molecule has 0 aliphatic carbocycles. The van der Waals surface area contributed by atoms with Gasteiger partial charge in [0, 0.05) is 11.6 Å². The van der Waals surface area contributed by atoms with Crippen LogP contribution in [0.4, 0.5) is 11.9 Å². The van der Waals surface area contributed by atoms with Crippen LogP contribution in [-0.4, -0.2) is 25.0 Å². The van der Waals surface area contributed by atoms with E-state index in [-0.39, 0.29) is 17.4 Å². The molecule has 0 fully saturated rings.